The average Bonchev–Trinajstić information content (AvgIpc) is 3.47. The molecule has 0 saturated heterocycles. The summed E-state index contributed by atoms with van der Waals surface area (Å²) in [5, 5.41) is 9.97. The van der Waals surface area contributed by atoms with Gasteiger partial charge in [-0.1, -0.05) is 47.6 Å². The standard InChI is InChI=1S/C22H22ClN3O2S/c1-14-7-8-16(11-15(14)2)19(27)13-29-22-25-24-21(26(22)17-9-10-17)12-28-20-6-4-3-5-18(20)23/h3-8,11,17H,9-10,12-13H2,1-2H3. The molecule has 4 rings (SSSR count). The Kier molecular flexibility index (Phi) is 5.92. The fraction of sp³-hybridized carbons (Fsp3) is 0.318. The van der Waals surface area contributed by atoms with Gasteiger partial charge in [-0.2, -0.15) is 0 Å². The van der Waals surface area contributed by atoms with Crippen molar-refractivity contribution >= 4 is 29.1 Å². The van der Waals surface area contributed by atoms with Crippen LogP contribution in [-0.4, -0.2) is 26.3 Å². The van der Waals surface area contributed by atoms with Gasteiger partial charge in [-0.3, -0.25) is 9.36 Å². The first-order valence-corrected chi connectivity index (χ1v) is 10.9. The maximum absolute atomic E-state index is 12.6. The number of halogens is 1. The second-order valence-corrected chi connectivity index (χ2v) is 8.58. The number of thioether (sulfide) groups is 1. The Hall–Kier alpha value is -2.31. The van der Waals surface area contributed by atoms with Crippen molar-refractivity contribution in [1.82, 2.24) is 14.8 Å². The van der Waals surface area contributed by atoms with Gasteiger partial charge >= 0.3 is 0 Å². The number of carbonyl (C=O) groups excluding carboxylic acids is 1. The van der Waals surface area contributed by atoms with Crippen LogP contribution in [0.15, 0.2) is 47.6 Å². The fourth-order valence-electron chi connectivity index (χ4n) is 3.04. The van der Waals surface area contributed by atoms with Crippen LogP contribution in [0.5, 0.6) is 5.75 Å². The molecule has 1 aliphatic carbocycles. The van der Waals surface area contributed by atoms with Crippen molar-refractivity contribution in [2.75, 3.05) is 5.75 Å². The van der Waals surface area contributed by atoms with Gasteiger partial charge in [0.25, 0.3) is 0 Å². The maximum Gasteiger partial charge on any atom is 0.192 e. The van der Waals surface area contributed by atoms with Gasteiger partial charge in [-0.05, 0) is 56.0 Å². The van der Waals surface area contributed by atoms with Gasteiger partial charge in [0, 0.05) is 11.6 Å². The van der Waals surface area contributed by atoms with E-state index in [9.17, 15) is 4.79 Å². The topological polar surface area (TPSA) is 57.0 Å². The zero-order valence-electron chi connectivity index (χ0n) is 16.4. The van der Waals surface area contributed by atoms with E-state index in [1.165, 1.54) is 17.3 Å². The molecule has 2 aromatic carbocycles. The average molecular weight is 428 g/mol. The SMILES string of the molecule is Cc1ccc(C(=O)CSc2nnc(COc3ccccc3Cl)n2C2CC2)cc1C. The molecule has 150 valence electrons. The van der Waals surface area contributed by atoms with Gasteiger partial charge in [0.1, 0.15) is 12.4 Å². The third-order valence-electron chi connectivity index (χ3n) is 5.00. The molecule has 1 heterocycles. The minimum Gasteiger partial charge on any atom is -0.484 e. The van der Waals surface area contributed by atoms with Gasteiger partial charge in [-0.15, -0.1) is 10.2 Å². The predicted molar refractivity (Wildman–Crippen MR) is 115 cm³/mol. The Morgan fingerprint density at radius 1 is 1.17 bits per heavy atom. The Balaban J connectivity index is 1.45. The van der Waals surface area contributed by atoms with Crippen molar-refractivity contribution in [3.63, 3.8) is 0 Å². The number of aryl methyl sites for hydroxylation is 2. The third-order valence-corrected chi connectivity index (χ3v) is 6.26. The second-order valence-electron chi connectivity index (χ2n) is 7.23. The molecule has 3 aromatic rings. The van der Waals surface area contributed by atoms with Crippen LogP contribution >= 0.6 is 23.4 Å². The van der Waals surface area contributed by atoms with Crippen LogP contribution in [0.3, 0.4) is 0 Å². The molecule has 1 saturated carbocycles. The lowest BCUT2D eigenvalue weighted by Crippen LogP contribution is -2.08. The summed E-state index contributed by atoms with van der Waals surface area (Å²) in [5.41, 5.74) is 3.05. The van der Waals surface area contributed by atoms with Gasteiger partial charge in [0.05, 0.1) is 10.8 Å². The monoisotopic (exact) mass is 427 g/mol. The lowest BCUT2D eigenvalue weighted by Gasteiger charge is -2.10. The summed E-state index contributed by atoms with van der Waals surface area (Å²) < 4.78 is 7.95. The number of hydrogen-bond acceptors (Lipinski definition) is 5. The molecule has 0 aliphatic heterocycles. The lowest BCUT2D eigenvalue weighted by atomic mass is 10.0. The molecular weight excluding hydrogens is 406 g/mol. The normalized spacial score (nSPS) is 13.5. The highest BCUT2D eigenvalue weighted by molar-refractivity contribution is 7.99. The highest BCUT2D eigenvalue weighted by Crippen LogP contribution is 2.39. The Morgan fingerprint density at radius 2 is 1.97 bits per heavy atom. The maximum atomic E-state index is 12.6. The van der Waals surface area contributed by atoms with Crippen LogP contribution in [0.2, 0.25) is 5.02 Å². The first kappa shape index (κ1) is 20.0. The Morgan fingerprint density at radius 3 is 2.69 bits per heavy atom. The molecular formula is C22H22ClN3O2S. The van der Waals surface area contributed by atoms with Crippen LogP contribution in [0, 0.1) is 13.8 Å². The molecule has 1 fully saturated rings. The molecule has 0 radical (unpaired) electrons. The molecule has 0 amide bonds. The summed E-state index contributed by atoms with van der Waals surface area (Å²) in [6, 6.07) is 13.6. The van der Waals surface area contributed by atoms with E-state index in [1.54, 1.807) is 6.07 Å². The number of benzene rings is 2. The van der Waals surface area contributed by atoms with E-state index in [4.69, 9.17) is 16.3 Å². The molecule has 5 nitrogen and oxygen atoms in total. The van der Waals surface area contributed by atoms with Crippen LogP contribution in [0.25, 0.3) is 0 Å². The molecule has 29 heavy (non-hydrogen) atoms. The zero-order chi connectivity index (χ0) is 20.4. The molecule has 0 atom stereocenters. The lowest BCUT2D eigenvalue weighted by molar-refractivity contribution is 0.102. The first-order valence-electron chi connectivity index (χ1n) is 9.57. The first-order chi connectivity index (χ1) is 14.0. The number of aromatic nitrogens is 3. The summed E-state index contributed by atoms with van der Waals surface area (Å²) in [6.07, 6.45) is 2.19. The summed E-state index contributed by atoms with van der Waals surface area (Å²) in [6.45, 7) is 4.36. The van der Waals surface area contributed by atoms with Crippen molar-refractivity contribution in [1.29, 1.82) is 0 Å². The number of para-hydroxylation sites is 1. The van der Waals surface area contributed by atoms with E-state index in [0.29, 0.717) is 29.2 Å². The van der Waals surface area contributed by atoms with Crippen molar-refractivity contribution in [3.8, 4) is 5.75 Å². The van der Waals surface area contributed by atoms with E-state index in [-0.39, 0.29) is 5.78 Å². The minimum absolute atomic E-state index is 0.0947. The van der Waals surface area contributed by atoms with Crippen LogP contribution in [-0.2, 0) is 6.61 Å². The van der Waals surface area contributed by atoms with Crippen LogP contribution < -0.4 is 4.74 Å². The number of Topliss-reactive ketones (excluding diaryl/α,β-unsaturated/α-hetero) is 1. The Labute approximate surface area is 179 Å². The minimum atomic E-state index is 0.0947. The van der Waals surface area contributed by atoms with Gasteiger partial charge in [-0.25, -0.2) is 0 Å². The van der Waals surface area contributed by atoms with E-state index in [2.05, 4.69) is 14.8 Å². The van der Waals surface area contributed by atoms with Crippen LogP contribution in [0.4, 0.5) is 0 Å². The van der Waals surface area contributed by atoms with Gasteiger partial charge in [0.2, 0.25) is 0 Å². The number of rotatable bonds is 8. The number of ketones is 1. The third kappa shape index (κ3) is 4.65. The quantitative estimate of drug-likeness (QED) is 0.354. The summed E-state index contributed by atoms with van der Waals surface area (Å²) >= 11 is 7.60. The number of nitrogens with zero attached hydrogens (tertiary/aromatic N) is 3. The summed E-state index contributed by atoms with van der Waals surface area (Å²) in [7, 11) is 0. The number of hydrogen-bond donors (Lipinski definition) is 0. The smallest absolute Gasteiger partial charge is 0.192 e. The highest BCUT2D eigenvalue weighted by Gasteiger charge is 2.30. The van der Waals surface area contributed by atoms with E-state index in [0.717, 1.165) is 34.9 Å². The predicted octanol–water partition coefficient (Wildman–Crippen LogP) is 5.44. The second kappa shape index (κ2) is 8.59. The van der Waals surface area contributed by atoms with Crippen molar-refractivity contribution < 1.29 is 9.53 Å². The molecule has 7 heteroatoms. The summed E-state index contributed by atoms with van der Waals surface area (Å²) in [4.78, 5) is 12.6. The molecule has 0 unspecified atom stereocenters. The van der Waals surface area contributed by atoms with E-state index in [1.807, 2.05) is 50.2 Å². The molecule has 0 bridgehead atoms. The number of carbonyl (C=O) groups is 1. The molecule has 1 aliphatic rings. The molecule has 1 aromatic heterocycles. The zero-order valence-corrected chi connectivity index (χ0v) is 18.0. The molecule has 0 N–H and O–H groups in total. The van der Waals surface area contributed by atoms with E-state index >= 15 is 0 Å². The van der Waals surface area contributed by atoms with Gasteiger partial charge in [0.15, 0.2) is 16.8 Å². The van der Waals surface area contributed by atoms with Crippen molar-refractivity contribution in [3.05, 3.63) is 70.0 Å². The van der Waals surface area contributed by atoms with Crippen molar-refractivity contribution in [2.24, 2.45) is 0 Å². The largest absolute Gasteiger partial charge is 0.484 e. The number of ether oxygens (including phenoxy) is 1. The summed E-state index contributed by atoms with van der Waals surface area (Å²) in [5.74, 6) is 1.81. The Bertz CT molecular complexity index is 1050. The van der Waals surface area contributed by atoms with Crippen molar-refractivity contribution in [2.45, 2.75) is 44.5 Å². The van der Waals surface area contributed by atoms with Crippen LogP contribution in [0.1, 0.15) is 46.2 Å². The van der Waals surface area contributed by atoms with Gasteiger partial charge < -0.3 is 4.74 Å². The fourth-order valence-corrected chi connectivity index (χ4v) is 4.15. The highest BCUT2D eigenvalue weighted by atomic mass is 35.5. The molecule has 0 spiro atoms. The van der Waals surface area contributed by atoms with E-state index < -0.39 is 0 Å².